The van der Waals surface area contributed by atoms with Crippen molar-refractivity contribution in [2.24, 2.45) is 0 Å². The van der Waals surface area contributed by atoms with Crippen LogP contribution in [0.3, 0.4) is 0 Å². The highest BCUT2D eigenvalue weighted by Crippen LogP contribution is 2.27. The van der Waals surface area contributed by atoms with Crippen LogP contribution in [0.15, 0.2) is 15.9 Å². The van der Waals surface area contributed by atoms with Crippen molar-refractivity contribution in [2.75, 3.05) is 7.11 Å². The molecule has 0 radical (unpaired) electrons. The van der Waals surface area contributed by atoms with Crippen molar-refractivity contribution in [1.29, 1.82) is 0 Å². The third kappa shape index (κ3) is 2.06. The summed E-state index contributed by atoms with van der Waals surface area (Å²) in [5.41, 5.74) is 0. The summed E-state index contributed by atoms with van der Waals surface area (Å²) >= 11 is 4.60. The topological polar surface area (TPSA) is 46.5 Å². The average Bonchev–Trinajstić information content (AvgIpc) is 2.37. The van der Waals surface area contributed by atoms with Crippen LogP contribution in [-0.4, -0.2) is 18.2 Å². The molecule has 1 aromatic rings. The molecule has 0 aliphatic rings. The van der Waals surface area contributed by atoms with E-state index in [1.807, 2.05) is 5.38 Å². The molecule has 0 spiro atoms. The summed E-state index contributed by atoms with van der Waals surface area (Å²) in [4.78, 5) is 11.3. The highest BCUT2D eigenvalue weighted by Gasteiger charge is 2.20. The van der Waals surface area contributed by atoms with Crippen molar-refractivity contribution < 1.29 is 14.6 Å². The maximum atomic E-state index is 10.6. The summed E-state index contributed by atoms with van der Waals surface area (Å²) in [6.45, 7) is 0. The molecule has 5 heteroatoms. The van der Waals surface area contributed by atoms with E-state index >= 15 is 0 Å². The second kappa shape index (κ2) is 4.02. The molecule has 0 saturated carbocycles. The smallest absolute Gasteiger partial charge is 0.338 e. The van der Waals surface area contributed by atoms with Gasteiger partial charge in [0.05, 0.1) is 0 Å². The van der Waals surface area contributed by atoms with Gasteiger partial charge in [0.15, 0.2) is 6.10 Å². The van der Waals surface area contributed by atoms with Crippen LogP contribution in [0.4, 0.5) is 0 Å². The molecule has 0 aliphatic heterocycles. The Morgan fingerprint density at radius 1 is 1.83 bits per heavy atom. The number of rotatable bonds is 3. The van der Waals surface area contributed by atoms with Crippen LogP contribution in [0.1, 0.15) is 11.0 Å². The molecule has 0 unspecified atom stereocenters. The molecule has 0 saturated heterocycles. The molecule has 0 amide bonds. The highest BCUT2D eigenvalue weighted by atomic mass is 79.9. The van der Waals surface area contributed by atoms with Crippen molar-refractivity contribution in [1.82, 2.24) is 0 Å². The molecule has 0 aromatic carbocycles. The zero-order valence-corrected chi connectivity index (χ0v) is 8.68. The minimum Gasteiger partial charge on any atom is -0.479 e. The van der Waals surface area contributed by atoms with Gasteiger partial charge in [-0.05, 0) is 22.0 Å². The average molecular weight is 251 g/mol. The SMILES string of the molecule is CO[C@@H](C(=O)O)c1cc(Br)cs1. The second-order valence-corrected chi connectivity index (χ2v) is 3.98. The van der Waals surface area contributed by atoms with Crippen molar-refractivity contribution >= 4 is 33.2 Å². The molecule has 1 atom stereocenters. The Morgan fingerprint density at radius 2 is 2.50 bits per heavy atom. The van der Waals surface area contributed by atoms with E-state index in [1.165, 1.54) is 18.4 Å². The zero-order chi connectivity index (χ0) is 9.14. The third-order valence-corrected chi connectivity index (χ3v) is 3.04. The first-order chi connectivity index (χ1) is 5.65. The predicted octanol–water partition coefficient (Wildman–Crippen LogP) is 2.28. The Morgan fingerprint density at radius 3 is 2.83 bits per heavy atom. The Balaban J connectivity index is 2.87. The Kier molecular flexibility index (Phi) is 3.25. The van der Waals surface area contributed by atoms with Gasteiger partial charge in [0.2, 0.25) is 0 Å². The number of thiophene rings is 1. The van der Waals surface area contributed by atoms with Crippen LogP contribution in [0, 0.1) is 0 Å². The summed E-state index contributed by atoms with van der Waals surface area (Å²) in [6, 6.07) is 1.74. The minimum absolute atomic E-state index is 0.692. The predicted molar refractivity (Wildman–Crippen MR) is 49.4 cm³/mol. The lowest BCUT2D eigenvalue weighted by Crippen LogP contribution is -2.11. The number of carbonyl (C=O) groups is 1. The first-order valence-electron chi connectivity index (χ1n) is 3.14. The largest absolute Gasteiger partial charge is 0.479 e. The zero-order valence-electron chi connectivity index (χ0n) is 6.28. The van der Waals surface area contributed by atoms with Gasteiger partial charge in [-0.3, -0.25) is 0 Å². The third-order valence-electron chi connectivity index (χ3n) is 1.31. The molecule has 0 fully saturated rings. The van der Waals surface area contributed by atoms with Gasteiger partial charge in [-0.15, -0.1) is 11.3 Å². The van der Waals surface area contributed by atoms with Crippen molar-refractivity contribution in [3.63, 3.8) is 0 Å². The quantitative estimate of drug-likeness (QED) is 0.896. The summed E-state index contributed by atoms with van der Waals surface area (Å²) in [5, 5.41) is 10.5. The second-order valence-electron chi connectivity index (χ2n) is 2.12. The lowest BCUT2D eigenvalue weighted by atomic mass is 10.3. The number of aliphatic carboxylic acids is 1. The molecule has 0 aliphatic carbocycles. The minimum atomic E-state index is -0.966. The number of carboxylic acids is 1. The van der Waals surface area contributed by atoms with E-state index < -0.39 is 12.1 Å². The summed E-state index contributed by atoms with van der Waals surface area (Å²) in [5.74, 6) is -0.966. The summed E-state index contributed by atoms with van der Waals surface area (Å²) < 4.78 is 5.68. The first-order valence-corrected chi connectivity index (χ1v) is 4.82. The molecule has 1 heterocycles. The highest BCUT2D eigenvalue weighted by molar-refractivity contribution is 9.10. The molecule has 0 bridgehead atoms. The molecular weight excluding hydrogens is 244 g/mol. The van der Waals surface area contributed by atoms with Gasteiger partial charge in [0, 0.05) is 21.8 Å². The van der Waals surface area contributed by atoms with E-state index in [9.17, 15) is 4.79 Å². The standard InChI is InChI=1S/C7H7BrO3S/c1-11-6(7(9)10)5-2-4(8)3-12-5/h2-3,6H,1H3,(H,9,10)/t6-/m1/s1. The molecular formula is C7H7BrO3S. The monoisotopic (exact) mass is 250 g/mol. The van der Waals surface area contributed by atoms with Gasteiger partial charge in [0.1, 0.15) is 0 Å². The molecule has 1 rings (SSSR count). The number of hydrogen-bond donors (Lipinski definition) is 1. The Bertz CT molecular complexity index is 284. The summed E-state index contributed by atoms with van der Waals surface area (Å²) in [6.07, 6.45) is -0.846. The normalized spacial score (nSPS) is 12.8. The molecule has 3 nitrogen and oxygen atoms in total. The summed E-state index contributed by atoms with van der Waals surface area (Å²) in [7, 11) is 1.38. The lowest BCUT2D eigenvalue weighted by molar-refractivity contribution is -0.148. The maximum Gasteiger partial charge on any atom is 0.338 e. The van der Waals surface area contributed by atoms with Gasteiger partial charge >= 0.3 is 5.97 Å². The molecule has 1 N–H and O–H groups in total. The van der Waals surface area contributed by atoms with Gasteiger partial charge in [-0.25, -0.2) is 4.79 Å². The fourth-order valence-electron chi connectivity index (χ4n) is 0.804. The van der Waals surface area contributed by atoms with E-state index in [-0.39, 0.29) is 0 Å². The van der Waals surface area contributed by atoms with Gasteiger partial charge in [-0.2, -0.15) is 0 Å². The number of ether oxygens (including phenoxy) is 1. The lowest BCUT2D eigenvalue weighted by Gasteiger charge is -2.06. The van der Waals surface area contributed by atoms with Gasteiger partial charge in [0.25, 0.3) is 0 Å². The van der Waals surface area contributed by atoms with Crippen LogP contribution in [-0.2, 0) is 9.53 Å². The van der Waals surface area contributed by atoms with Crippen LogP contribution in [0.5, 0.6) is 0 Å². The Labute approximate surface area is 82.1 Å². The van der Waals surface area contributed by atoms with E-state index in [2.05, 4.69) is 15.9 Å². The number of methoxy groups -OCH3 is 1. The number of hydrogen-bond acceptors (Lipinski definition) is 3. The van der Waals surface area contributed by atoms with E-state index in [0.29, 0.717) is 4.88 Å². The van der Waals surface area contributed by atoms with Gasteiger partial charge in [-0.1, -0.05) is 0 Å². The van der Waals surface area contributed by atoms with Crippen LogP contribution < -0.4 is 0 Å². The van der Waals surface area contributed by atoms with E-state index in [4.69, 9.17) is 9.84 Å². The van der Waals surface area contributed by atoms with Crippen LogP contribution in [0.25, 0.3) is 0 Å². The van der Waals surface area contributed by atoms with E-state index in [1.54, 1.807) is 6.07 Å². The fourth-order valence-corrected chi connectivity index (χ4v) is 2.32. The molecule has 66 valence electrons. The van der Waals surface area contributed by atoms with Crippen molar-refractivity contribution in [2.45, 2.75) is 6.10 Å². The van der Waals surface area contributed by atoms with Crippen molar-refractivity contribution in [3.8, 4) is 0 Å². The van der Waals surface area contributed by atoms with Crippen LogP contribution in [0.2, 0.25) is 0 Å². The number of halogens is 1. The maximum absolute atomic E-state index is 10.6. The fraction of sp³-hybridized carbons (Fsp3) is 0.286. The Hall–Kier alpha value is -0.390. The number of carboxylic acid groups (broad SMARTS) is 1. The van der Waals surface area contributed by atoms with Crippen LogP contribution >= 0.6 is 27.3 Å². The molecule has 12 heavy (non-hydrogen) atoms. The van der Waals surface area contributed by atoms with E-state index in [0.717, 1.165) is 4.47 Å². The van der Waals surface area contributed by atoms with Gasteiger partial charge < -0.3 is 9.84 Å². The molecule has 1 aromatic heterocycles. The first kappa shape index (κ1) is 9.70. The van der Waals surface area contributed by atoms with Crippen molar-refractivity contribution in [3.05, 3.63) is 20.8 Å².